The molecule has 0 bridgehead atoms. The van der Waals surface area contributed by atoms with Gasteiger partial charge >= 0.3 is 5.97 Å². The number of carbonyl (C=O) groups is 1. The SMILES string of the molecule is CC1=C(C(=O)O[C@@H]2C[C@H](C)CC[C@H]2C(C)C)[C@H](c2ccc(Br)cc2)n2nnnc2N1. The van der Waals surface area contributed by atoms with Gasteiger partial charge in [0.1, 0.15) is 12.1 Å². The number of tetrazole rings is 1. The van der Waals surface area contributed by atoms with Crippen molar-refractivity contribution in [3.8, 4) is 0 Å². The largest absolute Gasteiger partial charge is 0.459 e. The smallest absolute Gasteiger partial charge is 0.338 e. The Hall–Kier alpha value is -2.22. The first-order chi connectivity index (χ1) is 14.3. The summed E-state index contributed by atoms with van der Waals surface area (Å²) in [6, 6.07) is 7.43. The van der Waals surface area contributed by atoms with Gasteiger partial charge < -0.3 is 10.1 Å². The van der Waals surface area contributed by atoms with Crippen molar-refractivity contribution in [3.05, 3.63) is 45.6 Å². The molecule has 0 spiro atoms. The van der Waals surface area contributed by atoms with E-state index in [1.807, 2.05) is 31.2 Å². The van der Waals surface area contributed by atoms with Gasteiger partial charge in [-0.3, -0.25) is 0 Å². The fourth-order valence-corrected chi connectivity index (χ4v) is 4.95. The lowest BCUT2D eigenvalue weighted by molar-refractivity contribution is -0.151. The van der Waals surface area contributed by atoms with E-state index >= 15 is 0 Å². The Balaban J connectivity index is 1.68. The van der Waals surface area contributed by atoms with Crippen LogP contribution in [0, 0.1) is 17.8 Å². The molecule has 160 valence electrons. The number of nitrogens with one attached hydrogen (secondary N) is 1. The minimum Gasteiger partial charge on any atom is -0.459 e. The second kappa shape index (κ2) is 8.49. The molecule has 1 aromatic heterocycles. The number of anilines is 1. The van der Waals surface area contributed by atoms with E-state index in [1.165, 1.54) is 6.42 Å². The number of hydrogen-bond acceptors (Lipinski definition) is 6. The minimum absolute atomic E-state index is 0.0672. The van der Waals surface area contributed by atoms with Gasteiger partial charge in [0.25, 0.3) is 0 Å². The first kappa shape index (κ1) is 21.0. The van der Waals surface area contributed by atoms with Crippen LogP contribution in [0.1, 0.15) is 58.6 Å². The Labute approximate surface area is 185 Å². The number of nitrogens with zero attached hydrogens (tertiary/aromatic N) is 4. The van der Waals surface area contributed by atoms with E-state index < -0.39 is 6.04 Å². The topological polar surface area (TPSA) is 81.9 Å². The molecule has 0 unspecified atom stereocenters. The molecule has 1 aliphatic heterocycles. The normalized spacial score (nSPS) is 26.3. The lowest BCUT2D eigenvalue weighted by Gasteiger charge is -2.37. The summed E-state index contributed by atoms with van der Waals surface area (Å²) in [7, 11) is 0. The molecule has 0 amide bonds. The molecule has 0 radical (unpaired) electrons. The molecule has 4 atom stereocenters. The van der Waals surface area contributed by atoms with Crippen molar-refractivity contribution in [2.24, 2.45) is 17.8 Å². The lowest BCUT2D eigenvalue weighted by Crippen LogP contribution is -2.38. The van der Waals surface area contributed by atoms with Crippen LogP contribution in [0.4, 0.5) is 5.95 Å². The molecule has 30 heavy (non-hydrogen) atoms. The molecule has 0 saturated heterocycles. The molecule has 2 aliphatic rings. The number of halogens is 1. The van der Waals surface area contributed by atoms with Gasteiger partial charge in [-0.25, -0.2) is 4.79 Å². The van der Waals surface area contributed by atoms with Gasteiger partial charge in [-0.1, -0.05) is 60.4 Å². The van der Waals surface area contributed by atoms with Crippen LogP contribution in [0.3, 0.4) is 0 Å². The second-order valence-electron chi connectivity index (χ2n) is 8.83. The number of hydrogen-bond donors (Lipinski definition) is 1. The third kappa shape index (κ3) is 4.02. The highest BCUT2D eigenvalue weighted by Crippen LogP contribution is 2.39. The number of fused-ring (bicyclic) bond motifs is 1. The summed E-state index contributed by atoms with van der Waals surface area (Å²) in [5, 5.41) is 15.2. The van der Waals surface area contributed by atoms with Gasteiger partial charge in [0.15, 0.2) is 0 Å². The third-order valence-electron chi connectivity index (χ3n) is 6.34. The summed E-state index contributed by atoms with van der Waals surface area (Å²) in [5.74, 6) is 1.65. The van der Waals surface area contributed by atoms with Crippen molar-refractivity contribution in [2.75, 3.05) is 5.32 Å². The van der Waals surface area contributed by atoms with Gasteiger partial charge in [0, 0.05) is 10.2 Å². The summed E-state index contributed by atoms with van der Waals surface area (Å²) in [6.07, 6.45) is 3.13. The average molecular weight is 474 g/mol. The van der Waals surface area contributed by atoms with Crippen molar-refractivity contribution >= 4 is 27.8 Å². The summed E-state index contributed by atoms with van der Waals surface area (Å²) >= 11 is 3.48. The Bertz CT molecular complexity index is 953. The predicted octanol–water partition coefficient (Wildman–Crippen LogP) is 4.73. The maximum Gasteiger partial charge on any atom is 0.338 e. The molecule has 1 aromatic carbocycles. The molecule has 1 fully saturated rings. The number of allylic oxidation sites excluding steroid dienone is 1. The Morgan fingerprint density at radius 2 is 2.00 bits per heavy atom. The zero-order valence-electron chi connectivity index (χ0n) is 17.8. The second-order valence-corrected chi connectivity index (χ2v) is 9.75. The van der Waals surface area contributed by atoms with Gasteiger partial charge in [-0.15, -0.1) is 0 Å². The third-order valence-corrected chi connectivity index (χ3v) is 6.87. The summed E-state index contributed by atoms with van der Waals surface area (Å²) < 4.78 is 8.80. The number of rotatable bonds is 4. The molecule has 1 saturated carbocycles. The monoisotopic (exact) mass is 473 g/mol. The molecule has 1 aliphatic carbocycles. The van der Waals surface area contributed by atoms with Crippen molar-refractivity contribution in [1.29, 1.82) is 0 Å². The highest BCUT2D eigenvalue weighted by Gasteiger charge is 2.39. The van der Waals surface area contributed by atoms with Gasteiger partial charge in [-0.05, 0) is 65.6 Å². The average Bonchev–Trinajstić information content (AvgIpc) is 3.15. The molecule has 2 aromatic rings. The Morgan fingerprint density at radius 3 is 2.70 bits per heavy atom. The molecule has 4 rings (SSSR count). The lowest BCUT2D eigenvalue weighted by atomic mass is 9.75. The maximum absolute atomic E-state index is 13.5. The zero-order chi connectivity index (χ0) is 21.4. The summed E-state index contributed by atoms with van der Waals surface area (Å²) in [5.41, 5.74) is 2.20. The molecule has 1 N–H and O–H groups in total. The molecule has 8 heteroatoms. The van der Waals surface area contributed by atoms with Crippen LogP contribution in [0.2, 0.25) is 0 Å². The fraction of sp³-hybridized carbons (Fsp3) is 0.545. The number of carbonyl (C=O) groups excluding carboxylic acids is 1. The molecular formula is C22H28BrN5O2. The molecule has 7 nitrogen and oxygen atoms in total. The Kier molecular flexibility index (Phi) is 5.95. The van der Waals surface area contributed by atoms with Crippen LogP contribution in [0.25, 0.3) is 0 Å². The highest BCUT2D eigenvalue weighted by molar-refractivity contribution is 9.10. The van der Waals surface area contributed by atoms with Crippen molar-refractivity contribution in [3.63, 3.8) is 0 Å². The first-order valence-electron chi connectivity index (χ1n) is 10.6. The van der Waals surface area contributed by atoms with Crippen molar-refractivity contribution in [1.82, 2.24) is 20.2 Å². The van der Waals surface area contributed by atoms with E-state index in [0.29, 0.717) is 29.3 Å². The van der Waals surface area contributed by atoms with Gasteiger partial charge in [-0.2, -0.15) is 4.68 Å². The maximum atomic E-state index is 13.5. The molecule has 2 heterocycles. The number of benzene rings is 1. The summed E-state index contributed by atoms with van der Waals surface area (Å²) in [4.78, 5) is 13.5. The Morgan fingerprint density at radius 1 is 1.27 bits per heavy atom. The minimum atomic E-state index is -0.435. The first-order valence-corrected chi connectivity index (χ1v) is 11.4. The van der Waals surface area contributed by atoms with Gasteiger partial charge in [0.05, 0.1) is 5.57 Å². The van der Waals surface area contributed by atoms with E-state index in [-0.39, 0.29) is 12.1 Å². The van der Waals surface area contributed by atoms with E-state index in [2.05, 4.69) is 57.5 Å². The van der Waals surface area contributed by atoms with Crippen LogP contribution < -0.4 is 5.32 Å². The van der Waals surface area contributed by atoms with Crippen molar-refractivity contribution in [2.45, 2.75) is 59.1 Å². The van der Waals surface area contributed by atoms with Crippen LogP contribution >= 0.6 is 15.9 Å². The van der Waals surface area contributed by atoms with E-state index in [1.54, 1.807) is 4.68 Å². The number of aromatic nitrogens is 4. The van der Waals surface area contributed by atoms with E-state index in [4.69, 9.17) is 4.74 Å². The van der Waals surface area contributed by atoms with Crippen LogP contribution in [-0.4, -0.2) is 32.3 Å². The predicted molar refractivity (Wildman–Crippen MR) is 118 cm³/mol. The highest BCUT2D eigenvalue weighted by atomic mass is 79.9. The zero-order valence-corrected chi connectivity index (χ0v) is 19.4. The van der Waals surface area contributed by atoms with Crippen LogP contribution in [0.5, 0.6) is 0 Å². The van der Waals surface area contributed by atoms with E-state index in [0.717, 1.165) is 28.6 Å². The standard InChI is InChI=1S/C22H28BrN5O2/c1-12(2)17-10-5-13(3)11-18(17)30-21(29)19-14(4)24-22-25-26-27-28(22)20(19)15-6-8-16(23)9-7-15/h6-9,12-13,17-18,20H,5,10-11H2,1-4H3,(H,24,25,27)/t13-,17+,18-,20+/m1/s1. The number of esters is 1. The molecular weight excluding hydrogens is 446 g/mol. The van der Waals surface area contributed by atoms with E-state index in [9.17, 15) is 4.79 Å². The van der Waals surface area contributed by atoms with Gasteiger partial charge in [0.2, 0.25) is 5.95 Å². The van der Waals surface area contributed by atoms with Crippen LogP contribution in [0.15, 0.2) is 40.0 Å². The number of ether oxygens (including phenoxy) is 1. The van der Waals surface area contributed by atoms with Crippen LogP contribution in [-0.2, 0) is 9.53 Å². The summed E-state index contributed by atoms with van der Waals surface area (Å²) in [6.45, 7) is 8.55. The fourth-order valence-electron chi connectivity index (χ4n) is 4.68. The van der Waals surface area contributed by atoms with Crippen molar-refractivity contribution < 1.29 is 9.53 Å². The quantitative estimate of drug-likeness (QED) is 0.646.